The lowest BCUT2D eigenvalue weighted by Crippen LogP contribution is -2.43. The van der Waals surface area contributed by atoms with Crippen LogP contribution in [0.25, 0.3) is 0 Å². The first-order chi connectivity index (χ1) is 9.77. The highest BCUT2D eigenvalue weighted by Gasteiger charge is 2.22. The summed E-state index contributed by atoms with van der Waals surface area (Å²) in [5, 5.41) is 3.38. The maximum Gasteiger partial charge on any atom is 0.124 e. The molecule has 0 spiro atoms. The number of hydrogen-bond acceptors (Lipinski definition) is 3. The molecule has 0 aliphatic heterocycles. The zero-order chi connectivity index (χ0) is 16.0. The Morgan fingerprint density at radius 2 is 2.00 bits per heavy atom. The smallest absolute Gasteiger partial charge is 0.124 e. The highest BCUT2D eigenvalue weighted by molar-refractivity contribution is 5.36. The molecule has 0 aliphatic carbocycles. The first-order valence-electron chi connectivity index (χ1n) is 7.61. The van der Waals surface area contributed by atoms with Gasteiger partial charge in [0.15, 0.2) is 0 Å². The minimum absolute atomic E-state index is 0.0677. The molecule has 0 heterocycles. The second-order valence-electron chi connectivity index (χ2n) is 6.35. The quantitative estimate of drug-likeness (QED) is 0.793. The Labute approximate surface area is 128 Å². The molecule has 0 saturated heterocycles. The highest BCUT2D eigenvalue weighted by Crippen LogP contribution is 2.27. The predicted octanol–water partition coefficient (Wildman–Crippen LogP) is 3.61. The molecule has 0 fully saturated rings. The van der Waals surface area contributed by atoms with Gasteiger partial charge in [0, 0.05) is 17.1 Å². The van der Waals surface area contributed by atoms with Crippen LogP contribution in [0.4, 0.5) is 4.39 Å². The zero-order valence-corrected chi connectivity index (χ0v) is 14.2. The van der Waals surface area contributed by atoms with Gasteiger partial charge in [0.1, 0.15) is 18.2 Å². The van der Waals surface area contributed by atoms with Crippen LogP contribution in [-0.4, -0.2) is 37.7 Å². The molecular weight excluding hydrogens is 267 g/mol. The third kappa shape index (κ3) is 5.29. The standard InChI is InChI=1S/C17H29FN2O/c1-7-10-19-13(2)15-11-14(18)8-9-16(15)21-12-17(3,4)20(5)6/h8-9,11,13,19H,7,10,12H2,1-6H3. The minimum atomic E-state index is -0.227. The average Bonchev–Trinajstić information content (AvgIpc) is 2.43. The van der Waals surface area contributed by atoms with E-state index in [4.69, 9.17) is 4.74 Å². The van der Waals surface area contributed by atoms with Gasteiger partial charge >= 0.3 is 0 Å². The lowest BCUT2D eigenvalue weighted by atomic mass is 10.0. The Balaban J connectivity index is 2.86. The molecule has 0 bridgehead atoms. The van der Waals surface area contributed by atoms with E-state index in [1.807, 2.05) is 21.0 Å². The Morgan fingerprint density at radius 3 is 2.57 bits per heavy atom. The van der Waals surface area contributed by atoms with E-state index >= 15 is 0 Å². The topological polar surface area (TPSA) is 24.5 Å². The van der Waals surface area contributed by atoms with Crippen molar-refractivity contribution in [3.63, 3.8) is 0 Å². The molecule has 21 heavy (non-hydrogen) atoms. The Bertz CT molecular complexity index is 446. The van der Waals surface area contributed by atoms with Crippen LogP contribution < -0.4 is 10.1 Å². The summed E-state index contributed by atoms with van der Waals surface area (Å²) in [6, 6.07) is 4.80. The summed E-state index contributed by atoms with van der Waals surface area (Å²) in [4.78, 5) is 2.12. The highest BCUT2D eigenvalue weighted by atomic mass is 19.1. The van der Waals surface area contributed by atoms with E-state index in [2.05, 4.69) is 31.0 Å². The van der Waals surface area contributed by atoms with Crippen LogP contribution in [0, 0.1) is 5.82 Å². The van der Waals surface area contributed by atoms with Crippen molar-refractivity contribution in [2.45, 2.75) is 45.7 Å². The molecule has 0 saturated carbocycles. The van der Waals surface area contributed by atoms with Gasteiger partial charge in [-0.05, 0) is 66.0 Å². The maximum absolute atomic E-state index is 13.5. The fourth-order valence-electron chi connectivity index (χ4n) is 1.84. The third-order valence-corrected chi connectivity index (χ3v) is 3.93. The summed E-state index contributed by atoms with van der Waals surface area (Å²) in [7, 11) is 4.06. The van der Waals surface area contributed by atoms with E-state index in [0.717, 1.165) is 24.3 Å². The second-order valence-corrected chi connectivity index (χ2v) is 6.35. The van der Waals surface area contributed by atoms with E-state index in [9.17, 15) is 4.39 Å². The summed E-state index contributed by atoms with van der Waals surface area (Å²) >= 11 is 0. The normalized spacial score (nSPS) is 13.5. The van der Waals surface area contributed by atoms with Gasteiger partial charge in [-0.25, -0.2) is 4.39 Å². The van der Waals surface area contributed by atoms with Crippen molar-refractivity contribution in [1.82, 2.24) is 10.2 Å². The molecule has 0 radical (unpaired) electrons. The molecule has 1 aromatic carbocycles. The molecule has 0 amide bonds. The number of ether oxygens (including phenoxy) is 1. The monoisotopic (exact) mass is 296 g/mol. The van der Waals surface area contributed by atoms with Crippen LogP contribution in [0.3, 0.4) is 0 Å². The number of halogens is 1. The van der Waals surface area contributed by atoms with Crippen molar-refractivity contribution >= 4 is 0 Å². The third-order valence-electron chi connectivity index (χ3n) is 3.93. The predicted molar refractivity (Wildman–Crippen MR) is 86.4 cm³/mol. The van der Waals surface area contributed by atoms with Crippen LogP contribution in [0.5, 0.6) is 5.75 Å². The maximum atomic E-state index is 13.5. The van der Waals surface area contributed by atoms with E-state index < -0.39 is 0 Å². The van der Waals surface area contributed by atoms with E-state index in [1.165, 1.54) is 6.07 Å². The number of hydrogen-bond donors (Lipinski definition) is 1. The number of benzene rings is 1. The summed E-state index contributed by atoms with van der Waals surface area (Å²) in [6.07, 6.45) is 1.05. The van der Waals surface area contributed by atoms with Gasteiger partial charge in [-0.3, -0.25) is 0 Å². The van der Waals surface area contributed by atoms with E-state index in [1.54, 1.807) is 12.1 Å². The lowest BCUT2D eigenvalue weighted by molar-refractivity contribution is 0.113. The fraction of sp³-hybridized carbons (Fsp3) is 0.647. The average molecular weight is 296 g/mol. The Morgan fingerprint density at radius 1 is 1.33 bits per heavy atom. The lowest BCUT2D eigenvalue weighted by Gasteiger charge is -2.32. The van der Waals surface area contributed by atoms with Crippen molar-refractivity contribution in [3.05, 3.63) is 29.6 Å². The molecule has 1 N–H and O–H groups in total. The molecule has 4 heteroatoms. The van der Waals surface area contributed by atoms with Crippen molar-refractivity contribution < 1.29 is 9.13 Å². The van der Waals surface area contributed by atoms with Gasteiger partial charge in [-0.1, -0.05) is 6.92 Å². The van der Waals surface area contributed by atoms with Gasteiger partial charge in [-0.2, -0.15) is 0 Å². The van der Waals surface area contributed by atoms with E-state index in [-0.39, 0.29) is 17.4 Å². The molecule has 120 valence electrons. The van der Waals surface area contributed by atoms with Crippen LogP contribution in [0.2, 0.25) is 0 Å². The van der Waals surface area contributed by atoms with Gasteiger partial charge in [0.2, 0.25) is 0 Å². The van der Waals surface area contributed by atoms with Crippen LogP contribution in [0.1, 0.15) is 45.7 Å². The van der Waals surface area contributed by atoms with Crippen LogP contribution in [-0.2, 0) is 0 Å². The van der Waals surface area contributed by atoms with Crippen LogP contribution >= 0.6 is 0 Å². The van der Waals surface area contributed by atoms with Crippen LogP contribution in [0.15, 0.2) is 18.2 Å². The Kier molecular flexibility index (Phi) is 6.62. The van der Waals surface area contributed by atoms with Gasteiger partial charge < -0.3 is 15.0 Å². The molecule has 3 nitrogen and oxygen atoms in total. The van der Waals surface area contributed by atoms with Gasteiger partial charge in [0.05, 0.1) is 0 Å². The molecule has 0 aliphatic rings. The minimum Gasteiger partial charge on any atom is -0.491 e. The molecule has 1 rings (SSSR count). The molecule has 0 aromatic heterocycles. The van der Waals surface area contributed by atoms with Crippen molar-refractivity contribution in [2.75, 3.05) is 27.2 Å². The molecule has 1 atom stereocenters. The van der Waals surface area contributed by atoms with Gasteiger partial charge in [-0.15, -0.1) is 0 Å². The van der Waals surface area contributed by atoms with Crippen molar-refractivity contribution in [1.29, 1.82) is 0 Å². The molecule has 1 aromatic rings. The number of nitrogens with one attached hydrogen (secondary N) is 1. The SMILES string of the molecule is CCCNC(C)c1cc(F)ccc1OCC(C)(C)N(C)C. The fourth-order valence-corrected chi connectivity index (χ4v) is 1.84. The van der Waals surface area contributed by atoms with E-state index in [0.29, 0.717) is 6.61 Å². The van der Waals surface area contributed by atoms with Gasteiger partial charge in [0.25, 0.3) is 0 Å². The number of likely N-dealkylation sites (N-methyl/N-ethyl adjacent to an activating group) is 1. The molecule has 1 unspecified atom stereocenters. The first kappa shape index (κ1) is 17.9. The number of rotatable bonds is 8. The zero-order valence-electron chi connectivity index (χ0n) is 14.2. The van der Waals surface area contributed by atoms with Crippen molar-refractivity contribution in [2.24, 2.45) is 0 Å². The number of nitrogens with zero attached hydrogens (tertiary/aromatic N) is 1. The molecular formula is C17H29FN2O. The summed E-state index contributed by atoms with van der Waals surface area (Å²) in [5.41, 5.74) is 0.796. The largest absolute Gasteiger partial charge is 0.491 e. The second kappa shape index (κ2) is 7.76. The van der Waals surface area contributed by atoms with Crippen molar-refractivity contribution in [3.8, 4) is 5.75 Å². The Hall–Kier alpha value is -1.13. The summed E-state index contributed by atoms with van der Waals surface area (Å²) in [5.74, 6) is 0.525. The summed E-state index contributed by atoms with van der Waals surface area (Å²) < 4.78 is 19.5. The summed E-state index contributed by atoms with van der Waals surface area (Å²) in [6.45, 7) is 9.85. The first-order valence-corrected chi connectivity index (χ1v) is 7.61.